The zero-order valence-electron chi connectivity index (χ0n) is 14.3. The Hall–Kier alpha value is -2.63. The molecule has 0 spiro atoms. The number of nitrogens with zero attached hydrogens (tertiary/aromatic N) is 3. The SMILES string of the molecule is C[C@@H]1C[C@H]1c1ccc(CCC(=O)NCCc2nnc3ccccn23)o1. The number of hydrogen-bond acceptors (Lipinski definition) is 4. The third kappa shape index (κ3) is 3.57. The lowest BCUT2D eigenvalue weighted by molar-refractivity contribution is -0.121. The summed E-state index contributed by atoms with van der Waals surface area (Å²) in [5.41, 5.74) is 0.822. The van der Waals surface area contributed by atoms with Crippen molar-refractivity contribution in [3.05, 3.63) is 53.9 Å². The number of amides is 1. The molecule has 2 atom stereocenters. The summed E-state index contributed by atoms with van der Waals surface area (Å²) in [6, 6.07) is 9.83. The second kappa shape index (κ2) is 6.70. The van der Waals surface area contributed by atoms with E-state index in [1.165, 1.54) is 6.42 Å². The third-order valence-electron chi connectivity index (χ3n) is 4.81. The Kier molecular flexibility index (Phi) is 4.26. The molecule has 4 rings (SSSR count). The van der Waals surface area contributed by atoms with Crippen LogP contribution in [0.15, 0.2) is 40.9 Å². The van der Waals surface area contributed by atoms with Crippen molar-refractivity contribution in [1.29, 1.82) is 0 Å². The van der Waals surface area contributed by atoms with E-state index in [9.17, 15) is 4.79 Å². The zero-order valence-corrected chi connectivity index (χ0v) is 14.3. The monoisotopic (exact) mass is 338 g/mol. The molecule has 0 bridgehead atoms. The Balaban J connectivity index is 1.22. The van der Waals surface area contributed by atoms with Gasteiger partial charge in [0.05, 0.1) is 0 Å². The zero-order chi connectivity index (χ0) is 17.2. The van der Waals surface area contributed by atoms with Crippen LogP contribution in [0.2, 0.25) is 0 Å². The summed E-state index contributed by atoms with van der Waals surface area (Å²) in [6.07, 6.45) is 4.88. The van der Waals surface area contributed by atoms with E-state index in [1.54, 1.807) is 0 Å². The topological polar surface area (TPSA) is 72.4 Å². The van der Waals surface area contributed by atoms with Gasteiger partial charge in [-0.15, -0.1) is 10.2 Å². The Morgan fingerprint density at radius 3 is 3.00 bits per heavy atom. The highest BCUT2D eigenvalue weighted by Gasteiger charge is 2.36. The van der Waals surface area contributed by atoms with Crippen molar-refractivity contribution >= 4 is 11.6 Å². The highest BCUT2D eigenvalue weighted by Crippen LogP contribution is 2.47. The van der Waals surface area contributed by atoms with Crippen LogP contribution in [0.3, 0.4) is 0 Å². The highest BCUT2D eigenvalue weighted by molar-refractivity contribution is 5.76. The molecular weight excluding hydrogens is 316 g/mol. The van der Waals surface area contributed by atoms with Crippen LogP contribution < -0.4 is 5.32 Å². The lowest BCUT2D eigenvalue weighted by atomic mass is 10.2. The van der Waals surface area contributed by atoms with Crippen molar-refractivity contribution in [2.75, 3.05) is 6.54 Å². The summed E-state index contributed by atoms with van der Waals surface area (Å²) >= 11 is 0. The fourth-order valence-electron chi connectivity index (χ4n) is 3.15. The molecular formula is C19H22N4O2. The Labute approximate surface area is 146 Å². The molecule has 1 saturated carbocycles. The lowest BCUT2D eigenvalue weighted by Crippen LogP contribution is -2.26. The first-order valence-corrected chi connectivity index (χ1v) is 8.84. The number of nitrogens with one attached hydrogen (secondary N) is 1. The van der Waals surface area contributed by atoms with Crippen molar-refractivity contribution in [3.8, 4) is 0 Å². The van der Waals surface area contributed by atoms with Crippen LogP contribution in [0, 0.1) is 5.92 Å². The number of carbonyl (C=O) groups excluding carboxylic acids is 1. The van der Waals surface area contributed by atoms with E-state index in [4.69, 9.17) is 4.42 Å². The first-order chi connectivity index (χ1) is 12.2. The molecule has 0 saturated heterocycles. The molecule has 0 aliphatic heterocycles. The van der Waals surface area contributed by atoms with E-state index < -0.39 is 0 Å². The molecule has 130 valence electrons. The molecule has 25 heavy (non-hydrogen) atoms. The maximum absolute atomic E-state index is 12.0. The van der Waals surface area contributed by atoms with Crippen LogP contribution in [0.25, 0.3) is 5.65 Å². The second-order valence-corrected chi connectivity index (χ2v) is 6.77. The van der Waals surface area contributed by atoms with E-state index in [-0.39, 0.29) is 5.91 Å². The average molecular weight is 338 g/mol. The van der Waals surface area contributed by atoms with Crippen LogP contribution in [0.5, 0.6) is 0 Å². The van der Waals surface area contributed by atoms with Crippen molar-refractivity contribution in [2.45, 2.75) is 38.5 Å². The molecule has 1 aliphatic rings. The van der Waals surface area contributed by atoms with E-state index >= 15 is 0 Å². The van der Waals surface area contributed by atoms with Gasteiger partial charge in [-0.2, -0.15) is 0 Å². The van der Waals surface area contributed by atoms with Crippen LogP contribution >= 0.6 is 0 Å². The van der Waals surface area contributed by atoms with Gasteiger partial charge in [0.25, 0.3) is 0 Å². The van der Waals surface area contributed by atoms with Crippen LogP contribution in [0.4, 0.5) is 0 Å². The van der Waals surface area contributed by atoms with Gasteiger partial charge in [-0.3, -0.25) is 9.20 Å². The predicted octanol–water partition coefficient (Wildman–Crippen LogP) is 2.74. The van der Waals surface area contributed by atoms with Gasteiger partial charge >= 0.3 is 0 Å². The fraction of sp³-hybridized carbons (Fsp3) is 0.421. The summed E-state index contributed by atoms with van der Waals surface area (Å²) in [7, 11) is 0. The summed E-state index contributed by atoms with van der Waals surface area (Å²) < 4.78 is 7.78. The van der Waals surface area contributed by atoms with Gasteiger partial charge in [0.1, 0.15) is 17.3 Å². The molecule has 3 aromatic rings. The quantitative estimate of drug-likeness (QED) is 0.719. The van der Waals surface area contributed by atoms with Gasteiger partial charge in [-0.1, -0.05) is 13.0 Å². The minimum atomic E-state index is 0.0339. The molecule has 1 fully saturated rings. The van der Waals surface area contributed by atoms with Gasteiger partial charge in [0.15, 0.2) is 5.65 Å². The third-order valence-corrected chi connectivity index (χ3v) is 4.81. The first kappa shape index (κ1) is 15.9. The maximum Gasteiger partial charge on any atom is 0.220 e. The normalized spacial score (nSPS) is 19.2. The van der Waals surface area contributed by atoms with E-state index in [0.29, 0.717) is 31.7 Å². The Morgan fingerprint density at radius 2 is 2.16 bits per heavy atom. The van der Waals surface area contributed by atoms with Crippen molar-refractivity contribution in [2.24, 2.45) is 5.92 Å². The summed E-state index contributed by atoms with van der Waals surface area (Å²) in [5, 5.41) is 11.2. The molecule has 3 heterocycles. The van der Waals surface area contributed by atoms with E-state index in [0.717, 1.165) is 28.9 Å². The van der Waals surface area contributed by atoms with Gasteiger partial charge in [-0.25, -0.2) is 0 Å². The number of fused-ring (bicyclic) bond motifs is 1. The average Bonchev–Trinajstić information content (AvgIpc) is 3.02. The first-order valence-electron chi connectivity index (χ1n) is 8.84. The summed E-state index contributed by atoms with van der Waals surface area (Å²) in [5.74, 6) is 4.17. The van der Waals surface area contributed by atoms with Crippen molar-refractivity contribution in [3.63, 3.8) is 0 Å². The standard InChI is InChI=1S/C19H22N4O2/c1-13-12-15(13)16-7-5-14(25-16)6-8-19(24)20-10-9-18-22-21-17-4-2-3-11-23(17)18/h2-5,7,11,13,15H,6,8-10,12H2,1H3,(H,20,24)/t13-,15-/m1/s1. The number of hydrogen-bond donors (Lipinski definition) is 1. The number of aryl methyl sites for hydroxylation is 1. The van der Waals surface area contributed by atoms with Crippen molar-refractivity contribution < 1.29 is 9.21 Å². The second-order valence-electron chi connectivity index (χ2n) is 6.77. The van der Waals surface area contributed by atoms with Gasteiger partial charge in [0, 0.05) is 37.9 Å². The molecule has 3 aromatic heterocycles. The molecule has 0 unspecified atom stereocenters. The number of carbonyl (C=O) groups is 1. The Morgan fingerprint density at radius 1 is 1.28 bits per heavy atom. The lowest BCUT2D eigenvalue weighted by Gasteiger charge is -2.04. The molecule has 1 aliphatic carbocycles. The van der Waals surface area contributed by atoms with Gasteiger partial charge < -0.3 is 9.73 Å². The molecule has 0 aromatic carbocycles. The number of furan rings is 1. The predicted molar refractivity (Wildman–Crippen MR) is 93.3 cm³/mol. The van der Waals surface area contributed by atoms with E-state index in [1.807, 2.05) is 34.9 Å². The number of pyridine rings is 1. The van der Waals surface area contributed by atoms with Crippen LogP contribution in [0.1, 0.15) is 43.0 Å². The molecule has 6 heteroatoms. The molecule has 1 N–H and O–H groups in total. The van der Waals surface area contributed by atoms with E-state index in [2.05, 4.69) is 28.5 Å². The largest absolute Gasteiger partial charge is 0.466 e. The Bertz CT molecular complexity index is 882. The van der Waals surface area contributed by atoms with Crippen molar-refractivity contribution in [1.82, 2.24) is 19.9 Å². The van der Waals surface area contributed by atoms with Gasteiger partial charge in [-0.05, 0) is 36.6 Å². The number of aromatic nitrogens is 3. The minimum Gasteiger partial charge on any atom is -0.466 e. The fourth-order valence-corrected chi connectivity index (χ4v) is 3.15. The molecule has 6 nitrogen and oxygen atoms in total. The van der Waals surface area contributed by atoms with Crippen LogP contribution in [-0.4, -0.2) is 27.0 Å². The molecule has 1 amide bonds. The minimum absolute atomic E-state index is 0.0339. The molecule has 0 radical (unpaired) electrons. The van der Waals surface area contributed by atoms with Crippen LogP contribution in [-0.2, 0) is 17.6 Å². The summed E-state index contributed by atoms with van der Waals surface area (Å²) in [4.78, 5) is 12.0. The smallest absolute Gasteiger partial charge is 0.220 e. The summed E-state index contributed by atoms with van der Waals surface area (Å²) in [6.45, 7) is 2.79. The highest BCUT2D eigenvalue weighted by atomic mass is 16.3. The number of rotatable bonds is 7. The maximum atomic E-state index is 12.0. The van der Waals surface area contributed by atoms with Gasteiger partial charge in [0.2, 0.25) is 5.91 Å².